The van der Waals surface area contributed by atoms with E-state index in [1.165, 1.54) is 6.42 Å². The SMILES string of the molecule is CC1(C)CC2C=C(C=O)[C@]3(O)CC[C@]3(C)C2C1. The third-order valence-electron chi connectivity index (χ3n) is 5.85. The molecule has 17 heavy (non-hydrogen) atoms. The van der Waals surface area contributed by atoms with Gasteiger partial charge in [0.05, 0.1) is 5.60 Å². The van der Waals surface area contributed by atoms with Gasteiger partial charge in [-0.1, -0.05) is 26.8 Å². The number of hydrogen-bond acceptors (Lipinski definition) is 2. The molecule has 3 aliphatic carbocycles. The molecule has 2 fully saturated rings. The molecule has 2 unspecified atom stereocenters. The van der Waals surface area contributed by atoms with Gasteiger partial charge in [-0.25, -0.2) is 0 Å². The lowest BCUT2D eigenvalue weighted by Gasteiger charge is -2.61. The second-order valence-corrected chi connectivity index (χ2v) is 7.36. The molecule has 1 N–H and O–H groups in total. The molecule has 3 rings (SSSR count). The van der Waals surface area contributed by atoms with Gasteiger partial charge in [-0.3, -0.25) is 4.79 Å². The van der Waals surface area contributed by atoms with Crippen LogP contribution in [0, 0.1) is 22.7 Å². The Morgan fingerprint density at radius 3 is 2.53 bits per heavy atom. The molecule has 2 nitrogen and oxygen atoms in total. The lowest BCUT2D eigenvalue weighted by atomic mass is 9.45. The van der Waals surface area contributed by atoms with Gasteiger partial charge in [-0.05, 0) is 42.9 Å². The van der Waals surface area contributed by atoms with Crippen LogP contribution in [0.3, 0.4) is 0 Å². The van der Waals surface area contributed by atoms with Crippen LogP contribution in [0.1, 0.15) is 46.5 Å². The lowest BCUT2D eigenvalue weighted by Crippen LogP contribution is -2.63. The van der Waals surface area contributed by atoms with Gasteiger partial charge >= 0.3 is 0 Å². The van der Waals surface area contributed by atoms with Gasteiger partial charge in [0.2, 0.25) is 0 Å². The van der Waals surface area contributed by atoms with Crippen LogP contribution in [0.2, 0.25) is 0 Å². The number of hydrogen-bond donors (Lipinski definition) is 1. The van der Waals surface area contributed by atoms with E-state index in [1.54, 1.807) is 0 Å². The van der Waals surface area contributed by atoms with Crippen LogP contribution in [-0.4, -0.2) is 17.0 Å². The Morgan fingerprint density at radius 1 is 1.29 bits per heavy atom. The van der Waals surface area contributed by atoms with Gasteiger partial charge in [0.25, 0.3) is 0 Å². The quantitative estimate of drug-likeness (QED) is 0.708. The Balaban J connectivity index is 2.07. The first kappa shape index (κ1) is 11.5. The summed E-state index contributed by atoms with van der Waals surface area (Å²) < 4.78 is 0. The predicted octanol–water partition coefficient (Wildman–Crippen LogP) is 2.71. The smallest absolute Gasteiger partial charge is 0.148 e. The Bertz CT molecular complexity index is 409. The van der Waals surface area contributed by atoms with Crippen LogP contribution >= 0.6 is 0 Å². The molecule has 0 aromatic carbocycles. The van der Waals surface area contributed by atoms with Crippen molar-refractivity contribution in [3.8, 4) is 0 Å². The fourth-order valence-electron chi connectivity index (χ4n) is 4.71. The zero-order valence-electron chi connectivity index (χ0n) is 11.0. The standard InChI is InChI=1S/C15H22O2/c1-13(2)7-10-6-11(9-16)15(17)5-4-14(15,3)12(10)8-13/h6,9-10,12,17H,4-5,7-8H2,1-3H3/t10?,12?,14-,15-/m1/s1. The van der Waals surface area contributed by atoms with Gasteiger partial charge < -0.3 is 5.11 Å². The monoisotopic (exact) mass is 234 g/mol. The molecule has 0 heterocycles. The number of carbonyl (C=O) groups is 1. The maximum Gasteiger partial charge on any atom is 0.148 e. The average molecular weight is 234 g/mol. The summed E-state index contributed by atoms with van der Waals surface area (Å²) in [4.78, 5) is 11.2. The van der Waals surface area contributed by atoms with Crippen molar-refractivity contribution in [3.63, 3.8) is 0 Å². The fourth-order valence-corrected chi connectivity index (χ4v) is 4.71. The highest BCUT2D eigenvalue weighted by atomic mass is 16.3. The van der Waals surface area contributed by atoms with E-state index in [2.05, 4.69) is 26.8 Å². The molecule has 0 spiro atoms. The van der Waals surface area contributed by atoms with E-state index < -0.39 is 5.60 Å². The summed E-state index contributed by atoms with van der Waals surface area (Å²) in [5, 5.41) is 10.8. The van der Waals surface area contributed by atoms with E-state index in [-0.39, 0.29) is 5.41 Å². The van der Waals surface area contributed by atoms with Gasteiger partial charge in [0.1, 0.15) is 6.29 Å². The Morgan fingerprint density at radius 2 is 2.00 bits per heavy atom. The molecule has 0 aliphatic heterocycles. The fraction of sp³-hybridized carbons (Fsp3) is 0.800. The molecule has 4 atom stereocenters. The molecular formula is C15H22O2. The normalized spacial score (nSPS) is 50.9. The molecular weight excluding hydrogens is 212 g/mol. The van der Waals surface area contributed by atoms with Crippen LogP contribution in [0.5, 0.6) is 0 Å². The van der Waals surface area contributed by atoms with E-state index >= 15 is 0 Å². The summed E-state index contributed by atoms with van der Waals surface area (Å²) in [6.07, 6.45) is 7.12. The summed E-state index contributed by atoms with van der Waals surface area (Å²) in [5.41, 5.74) is 0.126. The van der Waals surface area contributed by atoms with Gasteiger partial charge in [0, 0.05) is 11.0 Å². The van der Waals surface area contributed by atoms with Crippen molar-refractivity contribution >= 4 is 6.29 Å². The number of aliphatic hydroxyl groups is 1. The Kier molecular flexibility index (Phi) is 2.04. The summed E-state index contributed by atoms with van der Waals surface area (Å²) in [7, 11) is 0. The van der Waals surface area contributed by atoms with Gasteiger partial charge in [-0.15, -0.1) is 0 Å². The highest BCUT2D eigenvalue weighted by molar-refractivity contribution is 5.78. The highest BCUT2D eigenvalue weighted by Gasteiger charge is 2.66. The molecule has 0 aromatic rings. The minimum atomic E-state index is -0.823. The Hall–Kier alpha value is -0.630. The first-order valence-corrected chi connectivity index (χ1v) is 6.72. The number of allylic oxidation sites excluding steroid dienone is 1. The summed E-state index contributed by atoms with van der Waals surface area (Å²) >= 11 is 0. The molecule has 0 aromatic heterocycles. The van der Waals surface area contributed by atoms with Crippen molar-refractivity contribution in [2.75, 3.05) is 0 Å². The second kappa shape index (κ2) is 3.03. The van der Waals surface area contributed by atoms with Crippen molar-refractivity contribution in [2.24, 2.45) is 22.7 Å². The van der Waals surface area contributed by atoms with Crippen LogP contribution in [0.4, 0.5) is 0 Å². The number of carbonyl (C=O) groups excluding carboxylic acids is 1. The molecule has 0 saturated heterocycles. The third-order valence-corrected chi connectivity index (χ3v) is 5.85. The van der Waals surface area contributed by atoms with Crippen molar-refractivity contribution < 1.29 is 9.90 Å². The van der Waals surface area contributed by atoms with E-state index in [9.17, 15) is 9.90 Å². The van der Waals surface area contributed by atoms with E-state index in [1.807, 2.05) is 0 Å². The lowest BCUT2D eigenvalue weighted by molar-refractivity contribution is -0.174. The number of fused-ring (bicyclic) bond motifs is 3. The third kappa shape index (κ3) is 1.22. The van der Waals surface area contributed by atoms with Crippen LogP contribution in [-0.2, 0) is 4.79 Å². The maximum absolute atomic E-state index is 11.2. The van der Waals surface area contributed by atoms with Crippen LogP contribution in [0.25, 0.3) is 0 Å². The van der Waals surface area contributed by atoms with Crippen molar-refractivity contribution in [3.05, 3.63) is 11.6 Å². The topological polar surface area (TPSA) is 37.3 Å². The number of rotatable bonds is 1. The molecule has 3 aliphatic rings. The molecule has 94 valence electrons. The van der Waals surface area contributed by atoms with Crippen LogP contribution < -0.4 is 0 Å². The van der Waals surface area contributed by atoms with Crippen molar-refractivity contribution in [1.82, 2.24) is 0 Å². The molecule has 2 heteroatoms. The first-order valence-electron chi connectivity index (χ1n) is 6.72. The average Bonchev–Trinajstić information content (AvgIpc) is 2.56. The van der Waals surface area contributed by atoms with E-state index in [0.717, 1.165) is 25.5 Å². The predicted molar refractivity (Wildman–Crippen MR) is 66.4 cm³/mol. The summed E-state index contributed by atoms with van der Waals surface area (Å²) in [5.74, 6) is 1.05. The highest BCUT2D eigenvalue weighted by Crippen LogP contribution is 2.67. The first-order chi connectivity index (χ1) is 7.82. The zero-order chi connectivity index (χ0) is 12.5. The molecule has 0 bridgehead atoms. The molecule has 0 amide bonds. The largest absolute Gasteiger partial charge is 0.384 e. The zero-order valence-corrected chi connectivity index (χ0v) is 11.0. The van der Waals surface area contributed by atoms with Crippen LogP contribution in [0.15, 0.2) is 11.6 Å². The van der Waals surface area contributed by atoms with Gasteiger partial charge in [0.15, 0.2) is 0 Å². The van der Waals surface area contributed by atoms with E-state index in [4.69, 9.17) is 0 Å². The maximum atomic E-state index is 11.2. The van der Waals surface area contributed by atoms with Crippen molar-refractivity contribution in [1.29, 1.82) is 0 Å². The summed E-state index contributed by atoms with van der Waals surface area (Å²) in [6, 6.07) is 0. The second-order valence-electron chi connectivity index (χ2n) is 7.36. The Labute approximate surface area is 103 Å². The number of aldehydes is 1. The van der Waals surface area contributed by atoms with Crippen molar-refractivity contribution in [2.45, 2.75) is 52.1 Å². The summed E-state index contributed by atoms with van der Waals surface area (Å²) in [6.45, 7) is 6.80. The minimum Gasteiger partial charge on any atom is -0.384 e. The minimum absolute atomic E-state index is 0.0591. The molecule has 2 saturated carbocycles. The molecule has 0 radical (unpaired) electrons. The van der Waals surface area contributed by atoms with E-state index in [0.29, 0.717) is 22.8 Å². The van der Waals surface area contributed by atoms with Gasteiger partial charge in [-0.2, -0.15) is 0 Å².